The maximum Gasteiger partial charge on any atom is 0.119 e. The Morgan fingerprint density at radius 1 is 1.29 bits per heavy atom. The fourth-order valence-corrected chi connectivity index (χ4v) is 1.40. The van der Waals surface area contributed by atoms with Crippen LogP contribution in [0.3, 0.4) is 0 Å². The molecule has 0 atom stereocenters. The largest absolute Gasteiger partial charge is 0.494 e. The number of rotatable bonds is 3. The van der Waals surface area contributed by atoms with Gasteiger partial charge in [0.1, 0.15) is 5.75 Å². The molecule has 1 aromatic rings. The monoisotopic (exact) mass is 189 g/mol. The fraction of sp³-hybridized carbons (Fsp3) is 0.417. The van der Waals surface area contributed by atoms with Crippen LogP contribution in [0.25, 0.3) is 0 Å². The molecular weight excluding hydrogens is 174 g/mol. The van der Waals surface area contributed by atoms with Crippen LogP contribution in [-0.2, 0) is 0 Å². The first-order chi connectivity index (χ1) is 6.69. The standard InChI is InChI=1S/C12H15NO/c1-4-5-14-11-6-9(2)12(8-13)10(3)7-11/h6-7H,4-5H2,1-3H3. The molecule has 0 unspecified atom stereocenters. The average Bonchev–Trinajstić information content (AvgIpc) is 2.14. The maximum atomic E-state index is 8.88. The summed E-state index contributed by atoms with van der Waals surface area (Å²) >= 11 is 0. The van der Waals surface area contributed by atoms with Gasteiger partial charge in [0.2, 0.25) is 0 Å². The molecule has 0 aliphatic heterocycles. The van der Waals surface area contributed by atoms with Gasteiger partial charge in [0, 0.05) is 0 Å². The van der Waals surface area contributed by atoms with Crippen LogP contribution >= 0.6 is 0 Å². The summed E-state index contributed by atoms with van der Waals surface area (Å²) in [5, 5.41) is 8.88. The summed E-state index contributed by atoms with van der Waals surface area (Å²) in [4.78, 5) is 0. The van der Waals surface area contributed by atoms with Gasteiger partial charge in [0.05, 0.1) is 18.2 Å². The smallest absolute Gasteiger partial charge is 0.119 e. The Bertz CT molecular complexity index is 340. The van der Waals surface area contributed by atoms with Gasteiger partial charge in [0.25, 0.3) is 0 Å². The summed E-state index contributed by atoms with van der Waals surface area (Å²) in [6, 6.07) is 6.03. The molecule has 0 saturated heterocycles. The second-order valence-electron chi connectivity index (χ2n) is 3.39. The van der Waals surface area contributed by atoms with Crippen LogP contribution in [0, 0.1) is 25.2 Å². The van der Waals surface area contributed by atoms with Crippen LogP contribution in [0.4, 0.5) is 0 Å². The number of nitriles is 1. The van der Waals surface area contributed by atoms with Crippen LogP contribution < -0.4 is 4.74 Å². The Labute approximate surface area is 85.1 Å². The molecule has 0 amide bonds. The lowest BCUT2D eigenvalue weighted by molar-refractivity contribution is 0.317. The van der Waals surface area contributed by atoms with Gasteiger partial charge in [-0.05, 0) is 43.5 Å². The van der Waals surface area contributed by atoms with Crippen molar-refractivity contribution in [1.29, 1.82) is 5.26 Å². The highest BCUT2D eigenvalue weighted by Gasteiger charge is 2.04. The van der Waals surface area contributed by atoms with E-state index in [1.54, 1.807) is 0 Å². The molecule has 0 radical (unpaired) electrons. The molecule has 0 spiro atoms. The second kappa shape index (κ2) is 4.66. The Hall–Kier alpha value is -1.49. The molecule has 0 fully saturated rings. The lowest BCUT2D eigenvalue weighted by atomic mass is 10.0. The van der Waals surface area contributed by atoms with Crippen LogP contribution in [0.15, 0.2) is 12.1 Å². The third-order valence-electron chi connectivity index (χ3n) is 2.09. The molecule has 0 aliphatic carbocycles. The SMILES string of the molecule is CCCOc1cc(C)c(C#N)c(C)c1. The molecule has 1 rings (SSSR count). The molecule has 0 bridgehead atoms. The van der Waals surface area contributed by atoms with Gasteiger partial charge in [-0.1, -0.05) is 6.92 Å². The van der Waals surface area contributed by atoms with Crippen molar-refractivity contribution in [1.82, 2.24) is 0 Å². The topological polar surface area (TPSA) is 33.0 Å². The molecular formula is C12H15NO. The second-order valence-corrected chi connectivity index (χ2v) is 3.39. The van der Waals surface area contributed by atoms with Gasteiger partial charge in [-0.25, -0.2) is 0 Å². The lowest BCUT2D eigenvalue weighted by Gasteiger charge is -2.08. The summed E-state index contributed by atoms with van der Waals surface area (Å²) in [6.45, 7) is 6.67. The van der Waals surface area contributed by atoms with E-state index in [2.05, 4.69) is 13.0 Å². The van der Waals surface area contributed by atoms with Crippen LogP contribution in [0.1, 0.15) is 30.0 Å². The van der Waals surface area contributed by atoms with E-state index in [0.717, 1.165) is 35.5 Å². The molecule has 0 N–H and O–H groups in total. The quantitative estimate of drug-likeness (QED) is 0.732. The molecule has 1 aromatic carbocycles. The minimum atomic E-state index is 0.727. The molecule has 0 heterocycles. The minimum absolute atomic E-state index is 0.727. The van der Waals surface area contributed by atoms with Crippen molar-refractivity contribution in [3.8, 4) is 11.8 Å². The van der Waals surface area contributed by atoms with Crippen molar-refractivity contribution in [2.24, 2.45) is 0 Å². The van der Waals surface area contributed by atoms with Crippen molar-refractivity contribution in [2.75, 3.05) is 6.61 Å². The molecule has 0 aliphatic rings. The summed E-state index contributed by atoms with van der Waals surface area (Å²) in [6.07, 6.45) is 0.998. The number of nitrogens with zero attached hydrogens (tertiary/aromatic N) is 1. The van der Waals surface area contributed by atoms with Gasteiger partial charge in [-0.3, -0.25) is 0 Å². The predicted octanol–water partition coefficient (Wildman–Crippen LogP) is 2.96. The number of hydrogen-bond donors (Lipinski definition) is 0. The number of ether oxygens (including phenoxy) is 1. The molecule has 2 nitrogen and oxygen atoms in total. The minimum Gasteiger partial charge on any atom is -0.494 e. The lowest BCUT2D eigenvalue weighted by Crippen LogP contribution is -1.97. The Kier molecular flexibility index (Phi) is 3.53. The number of hydrogen-bond acceptors (Lipinski definition) is 2. The van der Waals surface area contributed by atoms with E-state index in [1.807, 2.05) is 26.0 Å². The highest BCUT2D eigenvalue weighted by atomic mass is 16.5. The zero-order valence-corrected chi connectivity index (χ0v) is 8.92. The van der Waals surface area contributed by atoms with Gasteiger partial charge in [0.15, 0.2) is 0 Å². The van der Waals surface area contributed by atoms with E-state index in [0.29, 0.717) is 0 Å². The molecule has 0 aromatic heterocycles. The summed E-state index contributed by atoms with van der Waals surface area (Å²) in [5.41, 5.74) is 2.73. The zero-order valence-electron chi connectivity index (χ0n) is 8.92. The molecule has 2 heteroatoms. The third kappa shape index (κ3) is 2.26. The van der Waals surface area contributed by atoms with Crippen molar-refractivity contribution in [3.63, 3.8) is 0 Å². The number of benzene rings is 1. The van der Waals surface area contributed by atoms with Crippen LogP contribution in [0.2, 0.25) is 0 Å². The molecule has 14 heavy (non-hydrogen) atoms. The van der Waals surface area contributed by atoms with Crippen molar-refractivity contribution < 1.29 is 4.74 Å². The van der Waals surface area contributed by atoms with Gasteiger partial charge >= 0.3 is 0 Å². The molecule has 74 valence electrons. The van der Waals surface area contributed by atoms with E-state index >= 15 is 0 Å². The van der Waals surface area contributed by atoms with Gasteiger partial charge in [-0.2, -0.15) is 5.26 Å². The van der Waals surface area contributed by atoms with E-state index < -0.39 is 0 Å². The Balaban J connectivity index is 2.97. The van der Waals surface area contributed by atoms with Crippen LogP contribution in [0.5, 0.6) is 5.75 Å². The zero-order chi connectivity index (χ0) is 10.6. The van der Waals surface area contributed by atoms with E-state index in [4.69, 9.17) is 10.00 Å². The van der Waals surface area contributed by atoms with Gasteiger partial charge in [-0.15, -0.1) is 0 Å². The van der Waals surface area contributed by atoms with Gasteiger partial charge < -0.3 is 4.74 Å². The summed E-state index contributed by atoms with van der Waals surface area (Å²) in [5.74, 6) is 0.862. The van der Waals surface area contributed by atoms with E-state index in [1.165, 1.54) is 0 Å². The van der Waals surface area contributed by atoms with E-state index in [9.17, 15) is 0 Å². The third-order valence-corrected chi connectivity index (χ3v) is 2.09. The van der Waals surface area contributed by atoms with E-state index in [-0.39, 0.29) is 0 Å². The Morgan fingerprint density at radius 2 is 1.86 bits per heavy atom. The number of aryl methyl sites for hydroxylation is 2. The highest BCUT2D eigenvalue weighted by Crippen LogP contribution is 2.21. The first-order valence-electron chi connectivity index (χ1n) is 4.83. The summed E-state index contributed by atoms with van der Waals surface area (Å²) < 4.78 is 5.51. The van der Waals surface area contributed by atoms with Crippen molar-refractivity contribution in [3.05, 3.63) is 28.8 Å². The van der Waals surface area contributed by atoms with Crippen LogP contribution in [-0.4, -0.2) is 6.61 Å². The predicted molar refractivity (Wildman–Crippen MR) is 56.4 cm³/mol. The average molecular weight is 189 g/mol. The summed E-state index contributed by atoms with van der Waals surface area (Å²) in [7, 11) is 0. The maximum absolute atomic E-state index is 8.88. The Morgan fingerprint density at radius 3 is 2.29 bits per heavy atom. The first kappa shape index (κ1) is 10.6. The fourth-order valence-electron chi connectivity index (χ4n) is 1.40. The normalized spacial score (nSPS) is 9.57. The highest BCUT2D eigenvalue weighted by molar-refractivity contribution is 5.47. The molecule has 0 saturated carbocycles. The van der Waals surface area contributed by atoms with Crippen molar-refractivity contribution in [2.45, 2.75) is 27.2 Å². The first-order valence-corrected chi connectivity index (χ1v) is 4.83. The van der Waals surface area contributed by atoms with Crippen molar-refractivity contribution >= 4 is 0 Å².